The second-order valence-corrected chi connectivity index (χ2v) is 18.7. The van der Waals surface area contributed by atoms with Crippen molar-refractivity contribution in [2.45, 2.75) is 136 Å². The Morgan fingerprint density at radius 2 is 1.33 bits per heavy atom. The van der Waals surface area contributed by atoms with E-state index < -0.39 is 5.60 Å². The van der Waals surface area contributed by atoms with Crippen LogP contribution in [0.5, 0.6) is 0 Å². The molecule has 0 radical (unpaired) electrons. The molecule has 11 atom stereocenters. The van der Waals surface area contributed by atoms with E-state index in [1.807, 2.05) is 0 Å². The molecule has 0 amide bonds. The molecule has 1 heterocycles. The number of rotatable bonds is 12. The van der Waals surface area contributed by atoms with Gasteiger partial charge in [-0.15, -0.1) is 0 Å². The minimum Gasteiger partial charge on any atom is -0.462 e. The average Bonchev–Trinajstić information content (AvgIpc) is 3.56. The molecule has 3 aromatic rings. The maximum Gasteiger partial charge on any atom is 0.306 e. The number of benzene rings is 3. The number of carbonyl (C=O) groups excluding carboxylic acids is 1. The molecule has 5 nitrogen and oxygen atoms in total. The zero-order valence-corrected chi connectivity index (χ0v) is 34.0. The first-order valence-electron chi connectivity index (χ1n) is 21.5. The standard InChI is InChI=1S/C50H64O5/c1-34(2)39-29-43(55-44(51)30-39)35(3)40-24-25-41-45-47(53-32-37-19-11-7-12-20-37)46(52-31-36-17-9-6-10-18-36)42-23-15-16-26-49(42,5)50(45,28-27-48(40,41)4)54-33-38-21-13-8-14-22-38/h6-14,17-22,24,34-35,39,41-43,45-47H,15-16,23,25-33H2,1-5H3/t35?,39?,41?,42?,43?,45?,46-,47-,48-,49+,50-/m1/s1. The molecule has 1 aliphatic heterocycles. The van der Waals surface area contributed by atoms with Crippen LogP contribution in [0.1, 0.15) is 109 Å². The summed E-state index contributed by atoms with van der Waals surface area (Å²) in [5.74, 6) is 1.68. The predicted octanol–water partition coefficient (Wildman–Crippen LogP) is 11.3. The summed E-state index contributed by atoms with van der Waals surface area (Å²) in [6.45, 7) is 13.6. The molecule has 3 aromatic carbocycles. The Labute approximate surface area is 330 Å². The van der Waals surface area contributed by atoms with Crippen molar-refractivity contribution in [3.8, 4) is 0 Å². The molecule has 5 aliphatic rings. The number of fused-ring (bicyclic) bond motifs is 5. The molecular formula is C50H64O5. The molecule has 4 aliphatic carbocycles. The van der Waals surface area contributed by atoms with Crippen molar-refractivity contribution in [2.75, 3.05) is 0 Å². The Balaban J connectivity index is 1.21. The molecule has 5 heteroatoms. The molecule has 0 spiro atoms. The summed E-state index contributed by atoms with van der Waals surface area (Å²) in [6.07, 6.45) is 11.4. The van der Waals surface area contributed by atoms with Crippen LogP contribution >= 0.6 is 0 Å². The van der Waals surface area contributed by atoms with Gasteiger partial charge in [0.15, 0.2) is 0 Å². The van der Waals surface area contributed by atoms with Gasteiger partial charge in [-0.1, -0.05) is 150 Å². The van der Waals surface area contributed by atoms with E-state index in [4.69, 9.17) is 18.9 Å². The summed E-state index contributed by atoms with van der Waals surface area (Å²) >= 11 is 0. The van der Waals surface area contributed by atoms with E-state index in [0.29, 0.717) is 49.9 Å². The van der Waals surface area contributed by atoms with Crippen LogP contribution < -0.4 is 0 Å². The van der Waals surface area contributed by atoms with Gasteiger partial charge in [0.05, 0.1) is 37.6 Å². The topological polar surface area (TPSA) is 54.0 Å². The Morgan fingerprint density at radius 3 is 1.95 bits per heavy atom. The molecule has 6 unspecified atom stereocenters. The first-order valence-corrected chi connectivity index (χ1v) is 21.5. The third kappa shape index (κ3) is 7.16. The maximum atomic E-state index is 13.0. The Hall–Kier alpha value is -3.25. The minimum atomic E-state index is -0.390. The molecular weight excluding hydrogens is 681 g/mol. The fourth-order valence-electron chi connectivity index (χ4n) is 12.4. The number of esters is 1. The van der Waals surface area contributed by atoms with Gasteiger partial charge in [0.1, 0.15) is 6.10 Å². The van der Waals surface area contributed by atoms with Gasteiger partial charge in [0.2, 0.25) is 0 Å². The van der Waals surface area contributed by atoms with Gasteiger partial charge in [-0.05, 0) is 84.3 Å². The number of allylic oxidation sites excluding steroid dienone is 1. The fourth-order valence-corrected chi connectivity index (χ4v) is 12.4. The van der Waals surface area contributed by atoms with E-state index >= 15 is 0 Å². The first-order chi connectivity index (χ1) is 26.6. The lowest BCUT2D eigenvalue weighted by molar-refractivity contribution is -0.324. The van der Waals surface area contributed by atoms with Gasteiger partial charge in [-0.2, -0.15) is 0 Å². The number of ether oxygens (including phenoxy) is 4. The Kier molecular flexibility index (Phi) is 11.2. The second-order valence-electron chi connectivity index (χ2n) is 18.7. The number of cyclic esters (lactones) is 1. The summed E-state index contributed by atoms with van der Waals surface area (Å²) < 4.78 is 28.7. The molecule has 0 N–H and O–H groups in total. The lowest BCUT2D eigenvalue weighted by atomic mass is 9.41. The second kappa shape index (κ2) is 15.9. The van der Waals surface area contributed by atoms with E-state index in [1.165, 1.54) is 35.1 Å². The van der Waals surface area contributed by atoms with Crippen LogP contribution in [-0.2, 0) is 43.6 Å². The molecule has 1 saturated heterocycles. The van der Waals surface area contributed by atoms with Gasteiger partial charge >= 0.3 is 5.97 Å². The summed E-state index contributed by atoms with van der Waals surface area (Å²) in [6, 6.07) is 32.1. The molecule has 3 saturated carbocycles. The largest absolute Gasteiger partial charge is 0.462 e. The molecule has 8 rings (SSSR count). The summed E-state index contributed by atoms with van der Waals surface area (Å²) in [5.41, 5.74) is 4.55. The predicted molar refractivity (Wildman–Crippen MR) is 218 cm³/mol. The van der Waals surface area contributed by atoms with Crippen LogP contribution in [0.4, 0.5) is 0 Å². The van der Waals surface area contributed by atoms with E-state index in [1.54, 1.807) is 0 Å². The smallest absolute Gasteiger partial charge is 0.306 e. The highest BCUT2D eigenvalue weighted by molar-refractivity contribution is 5.70. The van der Waals surface area contributed by atoms with Crippen LogP contribution in [0.3, 0.4) is 0 Å². The molecule has 0 bridgehead atoms. The highest BCUT2D eigenvalue weighted by Gasteiger charge is 2.72. The summed E-state index contributed by atoms with van der Waals surface area (Å²) in [7, 11) is 0. The van der Waals surface area contributed by atoms with E-state index in [2.05, 4.69) is 132 Å². The first kappa shape index (κ1) is 38.6. The molecule has 0 aromatic heterocycles. The minimum absolute atomic E-state index is 0.0320. The quantitative estimate of drug-likeness (QED) is 0.137. The van der Waals surface area contributed by atoms with Crippen molar-refractivity contribution in [1.82, 2.24) is 0 Å². The summed E-state index contributed by atoms with van der Waals surface area (Å²) in [4.78, 5) is 13.0. The van der Waals surface area contributed by atoms with E-state index in [9.17, 15) is 4.79 Å². The fraction of sp³-hybridized carbons (Fsp3) is 0.580. The SMILES string of the molecule is CC(C)C1CC(=O)OC(C(C)C2=CCC3C4[C@@H](OCc5ccccc5)[C@H](OCc5ccccc5)C5CCCC[C@]5(C)[C@@]4(OCc4ccccc4)CC[C@]23C)C1. The van der Waals surface area contributed by atoms with Crippen molar-refractivity contribution >= 4 is 5.97 Å². The van der Waals surface area contributed by atoms with Crippen molar-refractivity contribution in [1.29, 1.82) is 0 Å². The molecule has 4 fully saturated rings. The van der Waals surface area contributed by atoms with Gasteiger partial charge < -0.3 is 18.9 Å². The van der Waals surface area contributed by atoms with Gasteiger partial charge in [-0.3, -0.25) is 4.79 Å². The number of hydrogen-bond acceptors (Lipinski definition) is 5. The van der Waals surface area contributed by atoms with Gasteiger partial charge in [-0.25, -0.2) is 0 Å². The van der Waals surface area contributed by atoms with Crippen LogP contribution in [0.25, 0.3) is 0 Å². The number of carbonyl (C=O) groups is 1. The Bertz CT molecular complexity index is 1770. The van der Waals surface area contributed by atoms with Crippen molar-refractivity contribution in [2.24, 2.45) is 46.3 Å². The van der Waals surface area contributed by atoms with Crippen LogP contribution in [0.15, 0.2) is 103 Å². The zero-order valence-electron chi connectivity index (χ0n) is 34.0. The van der Waals surface area contributed by atoms with Gasteiger partial charge in [0.25, 0.3) is 0 Å². The monoisotopic (exact) mass is 744 g/mol. The van der Waals surface area contributed by atoms with Crippen molar-refractivity contribution < 1.29 is 23.7 Å². The van der Waals surface area contributed by atoms with E-state index in [0.717, 1.165) is 38.5 Å². The molecule has 294 valence electrons. The third-order valence-electron chi connectivity index (χ3n) is 15.5. The van der Waals surface area contributed by atoms with Crippen LogP contribution in [0, 0.1) is 46.3 Å². The van der Waals surface area contributed by atoms with Gasteiger partial charge in [0, 0.05) is 23.7 Å². The highest BCUT2D eigenvalue weighted by Crippen LogP contribution is 2.71. The average molecular weight is 745 g/mol. The lowest BCUT2D eigenvalue weighted by Gasteiger charge is -2.69. The summed E-state index contributed by atoms with van der Waals surface area (Å²) in [5, 5.41) is 0. The zero-order chi connectivity index (χ0) is 38.2. The highest BCUT2D eigenvalue weighted by atomic mass is 16.6. The van der Waals surface area contributed by atoms with E-state index in [-0.39, 0.29) is 46.9 Å². The lowest BCUT2D eigenvalue weighted by Crippen LogP contribution is -2.74. The number of hydrogen-bond donors (Lipinski definition) is 0. The molecule has 55 heavy (non-hydrogen) atoms. The van der Waals surface area contributed by atoms with Crippen molar-refractivity contribution in [3.05, 3.63) is 119 Å². The van der Waals surface area contributed by atoms with Crippen LogP contribution in [-0.4, -0.2) is 29.9 Å². The maximum absolute atomic E-state index is 13.0. The van der Waals surface area contributed by atoms with Crippen LogP contribution in [0.2, 0.25) is 0 Å². The van der Waals surface area contributed by atoms with Crippen molar-refractivity contribution in [3.63, 3.8) is 0 Å². The third-order valence-corrected chi connectivity index (χ3v) is 15.5. The normalized spacial score (nSPS) is 36.3. The Morgan fingerprint density at radius 1 is 0.727 bits per heavy atom.